The largest absolute Gasteiger partial charge is 0.397 e. The molecule has 1 aliphatic rings. The second kappa shape index (κ2) is 9.83. The van der Waals surface area contributed by atoms with E-state index < -0.39 is 10.4 Å². The Balaban J connectivity index is 0.000000450. The predicted octanol–water partition coefficient (Wildman–Crippen LogP) is 0.848. The highest BCUT2D eigenvalue weighted by Crippen LogP contribution is 2.14. The van der Waals surface area contributed by atoms with Crippen LogP contribution in [0.2, 0.25) is 0 Å². The van der Waals surface area contributed by atoms with Crippen molar-refractivity contribution in [3.05, 3.63) is 29.8 Å². The van der Waals surface area contributed by atoms with Crippen LogP contribution in [-0.2, 0) is 19.3 Å². The predicted molar refractivity (Wildman–Crippen MR) is 95.3 cm³/mol. The van der Waals surface area contributed by atoms with Gasteiger partial charge >= 0.3 is 10.4 Å². The van der Waals surface area contributed by atoms with Crippen molar-refractivity contribution in [2.45, 2.75) is 0 Å². The first-order valence-electron chi connectivity index (χ1n) is 7.90. The van der Waals surface area contributed by atoms with Gasteiger partial charge in [-0.15, -0.1) is 0 Å². The van der Waals surface area contributed by atoms with Crippen LogP contribution in [0.15, 0.2) is 24.3 Å². The molecule has 0 amide bonds. The number of carbonyl (C=O) groups excluding carboxylic acids is 1. The van der Waals surface area contributed by atoms with E-state index in [0.717, 1.165) is 68.5 Å². The second-order valence-corrected chi connectivity index (χ2v) is 7.32. The van der Waals surface area contributed by atoms with E-state index in [-0.39, 0.29) is 0 Å². The van der Waals surface area contributed by atoms with E-state index >= 15 is 0 Å². The zero-order valence-corrected chi connectivity index (χ0v) is 15.7. The average molecular weight is 375 g/mol. The standard InChI is InChI=1S/C15H23N2O2.CH4O4S/c1-16(15-5-3-14(13-18)4-6-15)7-8-17(2)9-11-19-12-10-17;1-5-6(2,3)4/h3-6,13H,7-12H2,1-2H3;1H3,(H,2,3,4)/q+1;. The van der Waals surface area contributed by atoms with Crippen LogP contribution in [0, 0.1) is 0 Å². The van der Waals surface area contributed by atoms with E-state index in [0.29, 0.717) is 0 Å². The van der Waals surface area contributed by atoms with Gasteiger partial charge in [-0.1, -0.05) is 0 Å². The molecule has 1 saturated heterocycles. The molecule has 0 unspecified atom stereocenters. The van der Waals surface area contributed by atoms with Crippen LogP contribution in [-0.4, -0.2) is 84.3 Å². The molecule has 0 atom stereocenters. The lowest BCUT2D eigenvalue weighted by molar-refractivity contribution is -0.915. The van der Waals surface area contributed by atoms with Crippen molar-refractivity contribution in [1.82, 2.24) is 0 Å². The molecule has 0 aromatic heterocycles. The molecule has 9 heteroatoms. The molecule has 1 heterocycles. The average Bonchev–Trinajstić information content (AvgIpc) is 2.60. The third-order valence-electron chi connectivity index (χ3n) is 4.21. The van der Waals surface area contributed by atoms with Gasteiger partial charge in [0.1, 0.15) is 19.4 Å². The second-order valence-electron chi connectivity index (χ2n) is 6.13. The monoisotopic (exact) mass is 375 g/mol. The number of nitrogens with zero attached hydrogens (tertiary/aromatic N) is 2. The summed E-state index contributed by atoms with van der Waals surface area (Å²) in [7, 11) is 1.11. The maximum Gasteiger partial charge on any atom is 0.397 e. The van der Waals surface area contributed by atoms with Crippen molar-refractivity contribution in [2.75, 3.05) is 65.5 Å². The Morgan fingerprint density at radius 3 is 2.24 bits per heavy atom. The van der Waals surface area contributed by atoms with E-state index in [1.165, 1.54) is 0 Å². The van der Waals surface area contributed by atoms with Crippen LogP contribution in [0.25, 0.3) is 0 Å². The first kappa shape index (κ1) is 21.5. The number of carbonyl (C=O) groups is 1. The van der Waals surface area contributed by atoms with E-state index in [1.807, 2.05) is 24.3 Å². The smallest absolute Gasteiger partial charge is 0.370 e. The Labute approximate surface area is 149 Å². The normalized spacial score (nSPS) is 16.5. The minimum absolute atomic E-state index is 0.726. The Bertz CT molecular complexity index is 627. The first-order chi connectivity index (χ1) is 11.7. The van der Waals surface area contributed by atoms with Gasteiger partial charge in [-0.3, -0.25) is 13.5 Å². The molecular formula is C16H27N2O6S+. The van der Waals surface area contributed by atoms with Crippen molar-refractivity contribution in [1.29, 1.82) is 0 Å². The van der Waals surface area contributed by atoms with Crippen LogP contribution in [0.5, 0.6) is 0 Å². The summed E-state index contributed by atoms with van der Waals surface area (Å²) in [5, 5.41) is 0. The number of morpholine rings is 1. The third-order valence-corrected chi connectivity index (χ3v) is 4.63. The molecule has 25 heavy (non-hydrogen) atoms. The van der Waals surface area contributed by atoms with Gasteiger partial charge in [0.05, 0.1) is 40.5 Å². The Kier molecular flexibility index (Phi) is 8.46. The van der Waals surface area contributed by atoms with Crippen LogP contribution in [0.1, 0.15) is 10.4 Å². The van der Waals surface area contributed by atoms with E-state index in [4.69, 9.17) is 9.29 Å². The van der Waals surface area contributed by atoms with Crippen LogP contribution < -0.4 is 4.90 Å². The summed E-state index contributed by atoms with van der Waals surface area (Å²) >= 11 is 0. The van der Waals surface area contributed by atoms with Gasteiger partial charge in [-0.2, -0.15) is 8.42 Å². The number of benzene rings is 1. The minimum atomic E-state index is -4.16. The number of hydrogen-bond acceptors (Lipinski definition) is 6. The number of quaternary nitrogens is 1. The van der Waals surface area contributed by atoms with Gasteiger partial charge in [0.15, 0.2) is 0 Å². The summed E-state index contributed by atoms with van der Waals surface area (Å²) in [6, 6.07) is 7.74. The number of hydrogen-bond donors (Lipinski definition) is 1. The van der Waals surface area contributed by atoms with Gasteiger partial charge in [-0.25, -0.2) is 0 Å². The van der Waals surface area contributed by atoms with Crippen molar-refractivity contribution >= 4 is 22.4 Å². The molecule has 1 N–H and O–H groups in total. The first-order valence-corrected chi connectivity index (χ1v) is 9.26. The lowest BCUT2D eigenvalue weighted by atomic mass is 10.2. The maximum absolute atomic E-state index is 10.6. The fourth-order valence-corrected chi connectivity index (χ4v) is 2.34. The van der Waals surface area contributed by atoms with E-state index in [1.54, 1.807) is 0 Å². The maximum atomic E-state index is 10.6. The highest BCUT2D eigenvalue weighted by Gasteiger charge is 2.25. The topological polar surface area (TPSA) is 93.1 Å². The summed E-state index contributed by atoms with van der Waals surface area (Å²) in [5.41, 5.74) is 1.88. The van der Waals surface area contributed by atoms with Crippen molar-refractivity contribution < 1.29 is 31.2 Å². The number of ether oxygens (including phenoxy) is 1. The molecule has 142 valence electrons. The molecule has 1 fully saturated rings. The lowest BCUT2D eigenvalue weighted by Gasteiger charge is -2.38. The van der Waals surface area contributed by atoms with Crippen molar-refractivity contribution in [3.63, 3.8) is 0 Å². The van der Waals surface area contributed by atoms with Gasteiger partial charge in [0.2, 0.25) is 0 Å². The summed E-state index contributed by atoms with van der Waals surface area (Å²) in [6.45, 7) is 6.06. The van der Waals surface area contributed by atoms with Crippen molar-refractivity contribution in [3.8, 4) is 0 Å². The fraction of sp³-hybridized carbons (Fsp3) is 0.562. The molecule has 2 rings (SSSR count). The molecule has 1 aliphatic heterocycles. The molecule has 0 aliphatic carbocycles. The van der Waals surface area contributed by atoms with Crippen LogP contribution in [0.3, 0.4) is 0 Å². The summed E-state index contributed by atoms with van der Waals surface area (Å²) < 4.78 is 36.2. The Hall–Kier alpha value is -1.52. The summed E-state index contributed by atoms with van der Waals surface area (Å²) in [6.07, 6.45) is 0.879. The molecule has 0 spiro atoms. The van der Waals surface area contributed by atoms with Crippen LogP contribution in [0.4, 0.5) is 5.69 Å². The number of aldehydes is 1. The van der Waals surface area contributed by atoms with Gasteiger partial charge < -0.3 is 14.1 Å². The third kappa shape index (κ3) is 8.41. The van der Waals surface area contributed by atoms with Crippen molar-refractivity contribution in [2.24, 2.45) is 0 Å². The summed E-state index contributed by atoms with van der Waals surface area (Å²) in [4.78, 5) is 12.9. The van der Waals surface area contributed by atoms with Gasteiger partial charge in [-0.05, 0) is 24.3 Å². The number of rotatable bonds is 6. The van der Waals surface area contributed by atoms with Gasteiger partial charge in [0, 0.05) is 18.3 Å². The van der Waals surface area contributed by atoms with E-state index in [2.05, 4.69) is 23.2 Å². The molecule has 1 aromatic carbocycles. The molecule has 0 saturated carbocycles. The van der Waals surface area contributed by atoms with Gasteiger partial charge in [0.25, 0.3) is 0 Å². The Morgan fingerprint density at radius 1 is 1.28 bits per heavy atom. The zero-order valence-electron chi connectivity index (χ0n) is 14.9. The molecule has 8 nitrogen and oxygen atoms in total. The zero-order chi connectivity index (χ0) is 18.9. The molecule has 0 bridgehead atoms. The highest BCUT2D eigenvalue weighted by molar-refractivity contribution is 7.80. The molecular weight excluding hydrogens is 348 g/mol. The SMILES string of the molecule is CN(CC[N+]1(C)CCOCC1)c1ccc(C=O)cc1.COS(=O)(=O)O. The quantitative estimate of drug-likeness (QED) is 0.447. The van der Waals surface area contributed by atoms with Crippen LogP contribution >= 0.6 is 0 Å². The van der Waals surface area contributed by atoms with E-state index in [9.17, 15) is 13.2 Å². The fourth-order valence-electron chi connectivity index (χ4n) is 2.34. The molecule has 1 aromatic rings. The Morgan fingerprint density at radius 2 is 1.80 bits per heavy atom. The lowest BCUT2D eigenvalue weighted by Crippen LogP contribution is -2.54. The number of anilines is 1. The molecule has 0 radical (unpaired) electrons. The number of likely N-dealkylation sites (N-methyl/N-ethyl adjacent to an activating group) is 2. The summed E-state index contributed by atoms with van der Waals surface area (Å²) in [5.74, 6) is 0. The highest BCUT2D eigenvalue weighted by atomic mass is 32.3. The minimum Gasteiger partial charge on any atom is -0.370 e.